The second-order valence-electron chi connectivity index (χ2n) is 9.85. The summed E-state index contributed by atoms with van der Waals surface area (Å²) < 4.78 is 28.7. The number of hydrogen-bond acceptors (Lipinski definition) is 9. The molecule has 41 heavy (non-hydrogen) atoms. The number of ether oxygens (including phenoxy) is 4. The van der Waals surface area contributed by atoms with Crippen LogP contribution in [0.4, 0.5) is 0 Å². The van der Waals surface area contributed by atoms with Crippen molar-refractivity contribution in [3.8, 4) is 0 Å². The van der Waals surface area contributed by atoms with Crippen molar-refractivity contribution < 1.29 is 64.7 Å². The molecule has 0 heterocycles. The Hall–Kier alpha value is -0.346. The van der Waals surface area contributed by atoms with Crippen LogP contribution in [0.5, 0.6) is 0 Å². The molecule has 0 amide bonds. The van der Waals surface area contributed by atoms with Crippen molar-refractivity contribution in [3.05, 3.63) is 0 Å². The second-order valence-corrected chi connectivity index (χ2v) is 9.85. The van der Waals surface area contributed by atoms with Gasteiger partial charge >= 0.3 is 85.3 Å². The Bertz CT molecular complexity index is 668. The molecule has 0 bridgehead atoms. The summed E-state index contributed by atoms with van der Waals surface area (Å²) in [5.41, 5.74) is -2.10. The fourth-order valence-electron chi connectivity index (χ4n) is 4.38. The van der Waals surface area contributed by atoms with Crippen LogP contribution >= 0.6 is 0 Å². The first-order valence-electron chi connectivity index (χ1n) is 15.3. The van der Waals surface area contributed by atoms with E-state index in [4.69, 9.17) is 22.3 Å². The van der Waals surface area contributed by atoms with Gasteiger partial charge in [0.05, 0.1) is 32.7 Å². The van der Waals surface area contributed by atoms with E-state index in [1.165, 1.54) is 70.6 Å². The van der Waals surface area contributed by atoms with Gasteiger partial charge in [0.25, 0.3) is 0 Å². The Kier molecular flexibility index (Phi) is 35.8. The van der Waals surface area contributed by atoms with Gasteiger partial charge in [-0.3, -0.25) is 14.4 Å². The van der Waals surface area contributed by atoms with Crippen molar-refractivity contribution >= 4 is 61.6 Å². The number of unbranched alkanes of at least 4 members (excludes halogenated alkanes) is 14. The molecular formula is C30H56CaO9Ti. The van der Waals surface area contributed by atoms with Gasteiger partial charge in [0.2, 0.25) is 5.60 Å². The van der Waals surface area contributed by atoms with E-state index in [1.54, 1.807) is 20.8 Å². The summed E-state index contributed by atoms with van der Waals surface area (Å²) in [6.07, 6.45) is 17.1. The van der Waals surface area contributed by atoms with Gasteiger partial charge in [-0.05, 0) is 27.2 Å². The van der Waals surface area contributed by atoms with Crippen molar-refractivity contribution in [2.45, 2.75) is 149 Å². The van der Waals surface area contributed by atoms with Gasteiger partial charge in [0.1, 0.15) is 0 Å². The zero-order valence-corrected chi connectivity index (χ0v) is 30.0. The molecule has 0 saturated carbocycles. The van der Waals surface area contributed by atoms with Crippen LogP contribution in [0.2, 0.25) is 0 Å². The molecule has 0 rings (SSSR count). The molecule has 0 aromatic carbocycles. The van der Waals surface area contributed by atoms with E-state index in [2.05, 4.69) is 6.92 Å². The quantitative estimate of drug-likeness (QED) is 0.0459. The van der Waals surface area contributed by atoms with E-state index in [0.717, 1.165) is 39.7 Å². The Balaban J connectivity index is -0.000000940. The van der Waals surface area contributed by atoms with Gasteiger partial charge in [-0.25, -0.2) is 4.79 Å². The monoisotopic (exact) mass is 648 g/mol. The van der Waals surface area contributed by atoms with Gasteiger partial charge in [-0.2, -0.15) is 0 Å². The fraction of sp³-hybridized carbons (Fsp3) is 0.867. The van der Waals surface area contributed by atoms with Crippen LogP contribution in [0.15, 0.2) is 0 Å². The van der Waals surface area contributed by atoms with E-state index in [0.29, 0.717) is 6.42 Å². The molecule has 236 valence electrons. The second kappa shape index (κ2) is 32.6. The normalized spacial score (nSPS) is 10.4. The molecular weight excluding hydrogens is 592 g/mol. The molecule has 0 atom stereocenters. The Morgan fingerprint density at radius 3 is 1.22 bits per heavy atom. The average Bonchev–Trinajstić information content (AvgIpc) is 2.92. The molecule has 0 radical (unpaired) electrons. The molecule has 9 nitrogen and oxygen atoms in total. The summed E-state index contributed by atoms with van der Waals surface area (Å²) in [6.45, 7) is 7.26. The van der Waals surface area contributed by atoms with Crippen LogP contribution in [0, 0.1) is 0 Å². The van der Waals surface area contributed by atoms with Crippen molar-refractivity contribution in [2.24, 2.45) is 0 Å². The SMILES string of the molecule is CCCCCCCCCCCCCCCCCC(=O)OC(CC(=O)OCC)(CC(=O)OCC)C(=O)OCC.[Ca+2].[H-].[H-].[O]=[Ti]. The standard InChI is InChI=1S/C30H54O8.Ca.O.Ti.2H/c1-5-9-10-11-12-13-14-15-16-17-18-19-20-21-22-23-26(31)38-30(29(34)37-8-4,24-27(32)35-6-2)25-28(33)36-7-3;;;;;/h5-25H2,1-4H3;;;;;/q;+2;;;2*-1. The molecule has 0 aromatic rings. The summed E-state index contributed by atoms with van der Waals surface area (Å²) in [5.74, 6) is -3.12. The van der Waals surface area contributed by atoms with E-state index in [-0.39, 0.29) is 66.8 Å². The third-order valence-electron chi connectivity index (χ3n) is 6.41. The summed E-state index contributed by atoms with van der Waals surface area (Å²) in [4.78, 5) is 49.9. The zero-order chi connectivity index (χ0) is 30.5. The predicted octanol–water partition coefficient (Wildman–Crippen LogP) is 6.72. The molecule has 0 N–H and O–H groups in total. The Morgan fingerprint density at radius 1 is 0.537 bits per heavy atom. The van der Waals surface area contributed by atoms with Crippen molar-refractivity contribution in [2.75, 3.05) is 19.8 Å². The van der Waals surface area contributed by atoms with Crippen LogP contribution in [-0.2, 0) is 61.9 Å². The third-order valence-corrected chi connectivity index (χ3v) is 6.41. The third kappa shape index (κ3) is 25.8. The van der Waals surface area contributed by atoms with Crippen molar-refractivity contribution in [1.82, 2.24) is 0 Å². The van der Waals surface area contributed by atoms with E-state index < -0.39 is 42.3 Å². The number of hydrogen-bond donors (Lipinski definition) is 0. The maximum atomic E-state index is 12.8. The molecule has 0 fully saturated rings. The number of esters is 4. The molecule has 0 unspecified atom stereocenters. The summed E-state index contributed by atoms with van der Waals surface area (Å²) in [7, 11) is 0. The first kappa shape index (κ1) is 45.1. The van der Waals surface area contributed by atoms with Crippen molar-refractivity contribution in [3.63, 3.8) is 0 Å². The summed E-state index contributed by atoms with van der Waals surface area (Å²) in [5, 5.41) is 0. The van der Waals surface area contributed by atoms with Gasteiger partial charge in [0, 0.05) is 6.42 Å². The van der Waals surface area contributed by atoms with Gasteiger partial charge in [-0.15, -0.1) is 0 Å². The van der Waals surface area contributed by atoms with Gasteiger partial charge in [0.15, 0.2) is 0 Å². The van der Waals surface area contributed by atoms with E-state index in [9.17, 15) is 19.2 Å². The minimum absolute atomic E-state index is 0. The number of carbonyl (C=O) groups is 4. The van der Waals surface area contributed by atoms with Gasteiger partial charge in [-0.1, -0.05) is 96.8 Å². The molecule has 0 aliphatic carbocycles. The molecule has 0 aliphatic heterocycles. The van der Waals surface area contributed by atoms with E-state index in [1.807, 2.05) is 0 Å². The molecule has 0 saturated heterocycles. The van der Waals surface area contributed by atoms with Crippen LogP contribution in [0.25, 0.3) is 0 Å². The zero-order valence-electron chi connectivity index (χ0n) is 28.2. The van der Waals surface area contributed by atoms with Crippen LogP contribution < -0.4 is 0 Å². The van der Waals surface area contributed by atoms with Crippen molar-refractivity contribution in [1.29, 1.82) is 0 Å². The average molecular weight is 649 g/mol. The van der Waals surface area contributed by atoms with E-state index >= 15 is 0 Å². The minimum atomic E-state index is -2.10. The maximum absolute atomic E-state index is 12.8. The molecule has 11 heteroatoms. The Morgan fingerprint density at radius 2 is 0.878 bits per heavy atom. The topological polar surface area (TPSA) is 122 Å². The summed E-state index contributed by atoms with van der Waals surface area (Å²) in [6, 6.07) is 0. The fourth-order valence-corrected chi connectivity index (χ4v) is 4.38. The summed E-state index contributed by atoms with van der Waals surface area (Å²) >= 11 is 0.750. The molecule has 0 spiro atoms. The first-order chi connectivity index (χ1) is 19.3. The number of rotatable bonds is 25. The Labute approximate surface area is 293 Å². The molecule has 0 aromatic heterocycles. The van der Waals surface area contributed by atoms with Crippen LogP contribution in [0.3, 0.4) is 0 Å². The first-order valence-corrected chi connectivity index (χ1v) is 15.9. The number of carbonyl (C=O) groups excluding carboxylic acids is 4. The molecule has 0 aliphatic rings. The van der Waals surface area contributed by atoms with Gasteiger partial charge < -0.3 is 21.8 Å². The predicted molar refractivity (Wildman–Crippen MR) is 156 cm³/mol. The van der Waals surface area contributed by atoms with Crippen LogP contribution in [-0.4, -0.2) is 87.0 Å². The van der Waals surface area contributed by atoms with Crippen LogP contribution in [0.1, 0.15) is 146 Å².